The van der Waals surface area contributed by atoms with Gasteiger partial charge in [-0.15, -0.1) is 0 Å². The minimum atomic E-state index is 0.400. The van der Waals surface area contributed by atoms with E-state index in [9.17, 15) is 5.11 Å². The Morgan fingerprint density at radius 2 is 2.00 bits per heavy atom. The summed E-state index contributed by atoms with van der Waals surface area (Å²) in [5.74, 6) is 0.910. The maximum atomic E-state index is 9.99. The number of phenols is 1. The van der Waals surface area contributed by atoms with E-state index in [0.717, 1.165) is 24.0 Å². The van der Waals surface area contributed by atoms with Gasteiger partial charge in [-0.3, -0.25) is 0 Å². The van der Waals surface area contributed by atoms with Gasteiger partial charge in [0.05, 0.1) is 0 Å². The van der Waals surface area contributed by atoms with Crippen molar-refractivity contribution in [3.8, 4) is 5.75 Å². The van der Waals surface area contributed by atoms with Gasteiger partial charge in [0.2, 0.25) is 0 Å². The maximum absolute atomic E-state index is 9.99. The average molecular weight is 192 g/mol. The fourth-order valence-corrected chi connectivity index (χ4v) is 1.65. The Kier molecular flexibility index (Phi) is 3.99. The molecule has 0 atom stereocenters. The van der Waals surface area contributed by atoms with E-state index < -0.39 is 0 Å². The van der Waals surface area contributed by atoms with Crippen LogP contribution < -0.4 is 0 Å². The zero-order valence-electron chi connectivity index (χ0n) is 9.38. The van der Waals surface area contributed by atoms with Crippen molar-refractivity contribution in [2.45, 2.75) is 46.0 Å². The number of para-hydroxylation sites is 1. The lowest BCUT2D eigenvalue weighted by Crippen LogP contribution is -1.93. The Hall–Kier alpha value is -0.980. The largest absolute Gasteiger partial charge is 0.507 e. The van der Waals surface area contributed by atoms with Gasteiger partial charge in [-0.05, 0) is 29.9 Å². The van der Waals surface area contributed by atoms with Gasteiger partial charge in [0.25, 0.3) is 0 Å². The van der Waals surface area contributed by atoms with Crippen molar-refractivity contribution in [1.82, 2.24) is 0 Å². The topological polar surface area (TPSA) is 20.2 Å². The van der Waals surface area contributed by atoms with Gasteiger partial charge in [0.15, 0.2) is 0 Å². The summed E-state index contributed by atoms with van der Waals surface area (Å²) in [5.41, 5.74) is 2.16. The zero-order chi connectivity index (χ0) is 10.6. The minimum absolute atomic E-state index is 0.400. The van der Waals surface area contributed by atoms with E-state index in [1.165, 1.54) is 6.42 Å². The van der Waals surface area contributed by atoms with Gasteiger partial charge in [-0.1, -0.05) is 45.4 Å². The molecule has 0 amide bonds. The molecular weight excluding hydrogens is 172 g/mol. The highest BCUT2D eigenvalue weighted by atomic mass is 16.3. The summed E-state index contributed by atoms with van der Waals surface area (Å²) in [6.07, 6.45) is 3.31. The highest BCUT2D eigenvalue weighted by Gasteiger charge is 2.08. The third-order valence-corrected chi connectivity index (χ3v) is 2.57. The summed E-state index contributed by atoms with van der Waals surface area (Å²) >= 11 is 0. The molecule has 0 saturated heterocycles. The summed E-state index contributed by atoms with van der Waals surface area (Å²) in [6.45, 7) is 6.39. The maximum Gasteiger partial charge on any atom is 0.122 e. The molecule has 0 bridgehead atoms. The second kappa shape index (κ2) is 5.04. The van der Waals surface area contributed by atoms with Crippen LogP contribution in [0.5, 0.6) is 5.75 Å². The Morgan fingerprint density at radius 3 is 2.57 bits per heavy atom. The molecule has 78 valence electrons. The first-order chi connectivity index (χ1) is 6.66. The Bertz CT molecular complexity index is 289. The number of rotatable bonds is 4. The van der Waals surface area contributed by atoms with Gasteiger partial charge in [-0.25, -0.2) is 0 Å². The SMILES string of the molecule is CCCCc1cccc(C(C)C)c1O. The van der Waals surface area contributed by atoms with Crippen LogP contribution in [0.1, 0.15) is 50.7 Å². The van der Waals surface area contributed by atoms with E-state index >= 15 is 0 Å². The zero-order valence-corrected chi connectivity index (χ0v) is 9.38. The molecule has 1 nitrogen and oxygen atoms in total. The van der Waals surface area contributed by atoms with Crippen LogP contribution >= 0.6 is 0 Å². The third kappa shape index (κ3) is 2.50. The molecule has 0 aromatic heterocycles. The van der Waals surface area contributed by atoms with Gasteiger partial charge >= 0.3 is 0 Å². The molecule has 1 aromatic carbocycles. The molecule has 0 saturated carbocycles. The van der Waals surface area contributed by atoms with Crippen molar-refractivity contribution in [2.24, 2.45) is 0 Å². The quantitative estimate of drug-likeness (QED) is 0.768. The van der Waals surface area contributed by atoms with E-state index in [-0.39, 0.29) is 0 Å². The number of phenolic OH excluding ortho intramolecular Hbond substituents is 1. The highest BCUT2D eigenvalue weighted by Crippen LogP contribution is 2.29. The Morgan fingerprint density at radius 1 is 1.29 bits per heavy atom. The van der Waals surface area contributed by atoms with Crippen molar-refractivity contribution in [2.75, 3.05) is 0 Å². The standard InChI is InChI=1S/C13H20O/c1-4-5-7-11-8-6-9-12(10(2)3)13(11)14/h6,8-10,14H,4-5,7H2,1-3H3. The number of benzene rings is 1. The van der Waals surface area contributed by atoms with Crippen LogP contribution in [-0.4, -0.2) is 5.11 Å². The predicted molar refractivity (Wildman–Crippen MR) is 60.8 cm³/mol. The Labute approximate surface area is 86.8 Å². The van der Waals surface area contributed by atoms with Crippen LogP contribution in [0.2, 0.25) is 0 Å². The fraction of sp³-hybridized carbons (Fsp3) is 0.538. The molecule has 0 fully saturated rings. The van der Waals surface area contributed by atoms with Crippen molar-refractivity contribution >= 4 is 0 Å². The summed E-state index contributed by atoms with van der Waals surface area (Å²) in [7, 11) is 0. The molecule has 1 N–H and O–H groups in total. The molecule has 0 heterocycles. The first-order valence-electron chi connectivity index (χ1n) is 5.47. The summed E-state index contributed by atoms with van der Waals surface area (Å²) in [5, 5.41) is 9.99. The van der Waals surface area contributed by atoms with Gasteiger partial charge in [0.1, 0.15) is 5.75 Å². The lowest BCUT2D eigenvalue weighted by molar-refractivity contribution is 0.456. The Balaban J connectivity index is 2.89. The molecule has 1 aromatic rings. The van der Waals surface area contributed by atoms with Gasteiger partial charge in [-0.2, -0.15) is 0 Å². The van der Waals surface area contributed by atoms with E-state index in [0.29, 0.717) is 11.7 Å². The van der Waals surface area contributed by atoms with Crippen LogP contribution in [0.15, 0.2) is 18.2 Å². The summed E-state index contributed by atoms with van der Waals surface area (Å²) in [6, 6.07) is 6.08. The van der Waals surface area contributed by atoms with E-state index in [2.05, 4.69) is 20.8 Å². The summed E-state index contributed by atoms with van der Waals surface area (Å²) < 4.78 is 0. The number of aryl methyl sites for hydroxylation is 1. The fourth-order valence-electron chi connectivity index (χ4n) is 1.65. The average Bonchev–Trinajstić information content (AvgIpc) is 2.16. The second-order valence-electron chi connectivity index (χ2n) is 4.11. The molecule has 0 spiro atoms. The van der Waals surface area contributed by atoms with Gasteiger partial charge < -0.3 is 5.11 Å². The monoisotopic (exact) mass is 192 g/mol. The smallest absolute Gasteiger partial charge is 0.122 e. The first-order valence-corrected chi connectivity index (χ1v) is 5.47. The highest BCUT2D eigenvalue weighted by molar-refractivity contribution is 5.42. The van der Waals surface area contributed by atoms with Crippen LogP contribution in [-0.2, 0) is 6.42 Å². The number of hydrogen-bond donors (Lipinski definition) is 1. The number of aromatic hydroxyl groups is 1. The van der Waals surface area contributed by atoms with Crippen molar-refractivity contribution in [3.05, 3.63) is 29.3 Å². The molecule has 0 aliphatic carbocycles. The van der Waals surface area contributed by atoms with Crippen LogP contribution in [0.25, 0.3) is 0 Å². The second-order valence-corrected chi connectivity index (χ2v) is 4.11. The van der Waals surface area contributed by atoms with Crippen LogP contribution in [0.4, 0.5) is 0 Å². The molecule has 0 radical (unpaired) electrons. The molecular formula is C13H20O. The van der Waals surface area contributed by atoms with Crippen LogP contribution in [0, 0.1) is 0 Å². The summed E-state index contributed by atoms with van der Waals surface area (Å²) in [4.78, 5) is 0. The van der Waals surface area contributed by atoms with E-state index in [1.807, 2.05) is 18.2 Å². The molecule has 1 rings (SSSR count). The van der Waals surface area contributed by atoms with Crippen LogP contribution in [0.3, 0.4) is 0 Å². The third-order valence-electron chi connectivity index (χ3n) is 2.57. The molecule has 14 heavy (non-hydrogen) atoms. The lowest BCUT2D eigenvalue weighted by Gasteiger charge is -2.11. The molecule has 0 unspecified atom stereocenters. The number of unbranched alkanes of at least 4 members (excludes halogenated alkanes) is 1. The molecule has 1 heteroatoms. The van der Waals surface area contributed by atoms with Gasteiger partial charge in [0, 0.05) is 0 Å². The van der Waals surface area contributed by atoms with E-state index in [1.54, 1.807) is 0 Å². The molecule has 0 aliphatic rings. The minimum Gasteiger partial charge on any atom is -0.507 e. The lowest BCUT2D eigenvalue weighted by atomic mass is 9.97. The van der Waals surface area contributed by atoms with Crippen molar-refractivity contribution < 1.29 is 5.11 Å². The first kappa shape index (κ1) is 11.1. The van der Waals surface area contributed by atoms with Crippen molar-refractivity contribution in [1.29, 1.82) is 0 Å². The van der Waals surface area contributed by atoms with Crippen molar-refractivity contribution in [3.63, 3.8) is 0 Å². The van der Waals surface area contributed by atoms with E-state index in [4.69, 9.17) is 0 Å². The normalized spacial score (nSPS) is 10.9. The number of hydrogen-bond acceptors (Lipinski definition) is 1. The predicted octanol–water partition coefficient (Wildman–Crippen LogP) is 3.86. The molecule has 0 aliphatic heterocycles.